The predicted molar refractivity (Wildman–Crippen MR) is 96.0 cm³/mol. The molecule has 11 heteroatoms. The quantitative estimate of drug-likeness (QED) is 0.501. The first-order valence-electron chi connectivity index (χ1n) is 7.27. The van der Waals surface area contributed by atoms with E-state index in [1.165, 1.54) is 16.8 Å². The van der Waals surface area contributed by atoms with Crippen LogP contribution in [0, 0.1) is 13.5 Å². The summed E-state index contributed by atoms with van der Waals surface area (Å²) in [6, 6.07) is 4.15. The Morgan fingerprint density at radius 2 is 2.04 bits per heavy atom. The number of benzene rings is 1. The van der Waals surface area contributed by atoms with Crippen molar-refractivity contribution in [2.75, 3.05) is 10.9 Å². The van der Waals surface area contributed by atoms with E-state index in [0.29, 0.717) is 22.2 Å². The van der Waals surface area contributed by atoms with E-state index in [4.69, 9.17) is 6.57 Å². The molecule has 10 nitrogen and oxygen atoms in total. The van der Waals surface area contributed by atoms with Crippen LogP contribution < -0.4 is 32.4 Å². The molecule has 0 bridgehead atoms. The van der Waals surface area contributed by atoms with Gasteiger partial charge in [-0.1, -0.05) is 0 Å². The lowest BCUT2D eigenvalue weighted by Gasteiger charge is -1.98. The zero-order chi connectivity index (χ0) is 18.7. The van der Waals surface area contributed by atoms with Crippen LogP contribution in [-0.2, 0) is 7.05 Å². The fourth-order valence-electron chi connectivity index (χ4n) is 2.01. The lowest BCUT2D eigenvalue weighted by molar-refractivity contribution is 0.770. The first-order valence-corrected chi connectivity index (χ1v) is 8.05. The molecule has 0 atom stereocenters. The highest BCUT2D eigenvalue weighted by molar-refractivity contribution is 7.11. The van der Waals surface area contributed by atoms with Gasteiger partial charge in [0.15, 0.2) is 5.36 Å². The van der Waals surface area contributed by atoms with Gasteiger partial charge in [-0.2, -0.15) is 15.3 Å². The normalized spacial score (nSPS) is 12.2. The van der Waals surface area contributed by atoms with E-state index in [9.17, 15) is 9.59 Å². The van der Waals surface area contributed by atoms with Crippen LogP contribution in [0.5, 0.6) is 0 Å². The fraction of sp³-hybridized carbons (Fsp3) is 0.133. The minimum atomic E-state index is -0.634. The Hall–Kier alpha value is -3.65. The summed E-state index contributed by atoms with van der Waals surface area (Å²) >= 11 is 1.07. The van der Waals surface area contributed by atoms with E-state index >= 15 is 0 Å². The molecular weight excluding hydrogens is 356 g/mol. The van der Waals surface area contributed by atoms with Crippen molar-refractivity contribution >= 4 is 28.0 Å². The van der Waals surface area contributed by atoms with Gasteiger partial charge in [0, 0.05) is 13.1 Å². The molecule has 0 saturated heterocycles. The van der Waals surface area contributed by atoms with Crippen LogP contribution in [0.3, 0.4) is 0 Å². The molecule has 0 fully saturated rings. The third kappa shape index (κ3) is 3.26. The zero-order valence-corrected chi connectivity index (χ0v) is 14.5. The monoisotopic (exact) mass is 368 g/mol. The van der Waals surface area contributed by atoms with Crippen molar-refractivity contribution in [3.05, 3.63) is 72.7 Å². The number of nitrogens with zero attached hydrogens (tertiary/aromatic N) is 6. The summed E-state index contributed by atoms with van der Waals surface area (Å²) in [4.78, 5) is 27.8. The maximum Gasteiger partial charge on any atom is 0.244 e. The molecule has 26 heavy (non-hydrogen) atoms. The topological polar surface area (TPSA) is 118 Å². The molecule has 0 radical (unpaired) electrons. The largest absolute Gasteiger partial charge is 0.287 e. The Bertz CT molecular complexity index is 1220. The van der Waals surface area contributed by atoms with Crippen molar-refractivity contribution in [1.82, 2.24) is 14.2 Å². The van der Waals surface area contributed by atoms with Crippen molar-refractivity contribution in [3.63, 3.8) is 0 Å². The third-order valence-electron chi connectivity index (χ3n) is 3.40. The molecule has 3 rings (SSSR count). The summed E-state index contributed by atoms with van der Waals surface area (Å²) in [5.41, 5.74) is 5.04. The molecule has 0 unspecified atom stereocenters. The molecule has 3 aromatic rings. The summed E-state index contributed by atoms with van der Waals surface area (Å²) in [5.74, 6) is 0.520. The highest BCUT2D eigenvalue weighted by Crippen LogP contribution is 2.32. The van der Waals surface area contributed by atoms with Gasteiger partial charge in [-0.25, -0.2) is 9.22 Å². The average molecular weight is 368 g/mol. The Morgan fingerprint density at radius 1 is 1.23 bits per heavy atom. The van der Waals surface area contributed by atoms with Gasteiger partial charge in [-0.15, -0.1) is 0 Å². The van der Waals surface area contributed by atoms with Gasteiger partial charge in [0.05, 0.1) is 18.5 Å². The molecule has 1 aromatic carbocycles. The first kappa shape index (κ1) is 17.2. The Kier molecular flexibility index (Phi) is 4.68. The smallest absolute Gasteiger partial charge is 0.244 e. The fourth-order valence-corrected chi connectivity index (χ4v) is 2.70. The van der Waals surface area contributed by atoms with Crippen molar-refractivity contribution in [2.45, 2.75) is 6.92 Å². The Balaban J connectivity index is 2.00. The van der Waals surface area contributed by atoms with Crippen molar-refractivity contribution in [3.8, 4) is 0 Å². The van der Waals surface area contributed by atoms with Gasteiger partial charge in [0.25, 0.3) is 0 Å². The lowest BCUT2D eigenvalue weighted by atomic mass is 10.3. The molecule has 0 amide bonds. The highest BCUT2D eigenvalue weighted by Gasteiger charge is 2.09. The van der Waals surface area contributed by atoms with Gasteiger partial charge < -0.3 is 0 Å². The minimum absolute atomic E-state index is 0.00265. The standard InChI is InChI=1S/C15H12N8O2S/c1-8-12(16-2)15(26-22-8)21-18-9-4-5-10(24)13(14(9)25)20-19-11-6-7-17-23(11)3/h4-7,19,21H,1,3H3/b18-9+,20-13+. The molecule has 0 saturated carbocycles. The van der Waals surface area contributed by atoms with E-state index in [1.807, 2.05) is 0 Å². The molecule has 2 N–H and O–H groups in total. The van der Waals surface area contributed by atoms with E-state index in [0.717, 1.165) is 11.5 Å². The average Bonchev–Trinajstić information content (AvgIpc) is 3.19. The van der Waals surface area contributed by atoms with Gasteiger partial charge in [-0.3, -0.25) is 25.1 Å². The summed E-state index contributed by atoms with van der Waals surface area (Å²) < 4.78 is 5.57. The minimum Gasteiger partial charge on any atom is -0.287 e. The Morgan fingerprint density at radius 3 is 2.73 bits per heavy atom. The molecule has 130 valence electrons. The van der Waals surface area contributed by atoms with Crippen LogP contribution in [0.2, 0.25) is 0 Å². The predicted octanol–water partition coefficient (Wildman–Crippen LogP) is 0.187. The third-order valence-corrected chi connectivity index (χ3v) is 4.23. The van der Waals surface area contributed by atoms with E-state index in [-0.39, 0.29) is 10.7 Å². The van der Waals surface area contributed by atoms with E-state index in [2.05, 4.69) is 35.4 Å². The molecule has 2 heterocycles. The first-order chi connectivity index (χ1) is 12.5. The highest BCUT2D eigenvalue weighted by atomic mass is 32.1. The second-order valence-corrected chi connectivity index (χ2v) is 5.88. The summed E-state index contributed by atoms with van der Waals surface area (Å²) in [5, 5.41) is 11.9. The van der Waals surface area contributed by atoms with Gasteiger partial charge in [-0.05, 0) is 30.6 Å². The second-order valence-electron chi connectivity index (χ2n) is 5.11. The Labute approximate surface area is 150 Å². The van der Waals surface area contributed by atoms with E-state index in [1.54, 1.807) is 26.2 Å². The number of nitrogens with one attached hydrogen (secondary N) is 2. The van der Waals surface area contributed by atoms with Crippen LogP contribution in [0.1, 0.15) is 5.69 Å². The van der Waals surface area contributed by atoms with Crippen molar-refractivity contribution < 1.29 is 0 Å². The van der Waals surface area contributed by atoms with Crippen LogP contribution in [0.15, 0.2) is 44.2 Å². The zero-order valence-electron chi connectivity index (χ0n) is 13.7. The van der Waals surface area contributed by atoms with E-state index < -0.39 is 10.9 Å². The lowest BCUT2D eigenvalue weighted by Crippen LogP contribution is -2.48. The number of hydrogen-bond donors (Lipinski definition) is 2. The van der Waals surface area contributed by atoms with Crippen molar-refractivity contribution in [1.29, 1.82) is 0 Å². The second kappa shape index (κ2) is 7.08. The van der Waals surface area contributed by atoms with Crippen molar-refractivity contribution in [2.24, 2.45) is 17.3 Å². The molecule has 0 spiro atoms. The summed E-state index contributed by atoms with van der Waals surface area (Å²) in [6.07, 6.45) is 1.55. The number of anilines is 2. The number of aryl methyl sites for hydroxylation is 2. The van der Waals surface area contributed by atoms with Gasteiger partial charge in [0.2, 0.25) is 16.5 Å². The summed E-state index contributed by atoms with van der Waals surface area (Å²) in [7, 11) is 1.69. The van der Waals surface area contributed by atoms with Crippen LogP contribution in [0.4, 0.5) is 16.5 Å². The van der Waals surface area contributed by atoms with Crippen LogP contribution in [0.25, 0.3) is 4.85 Å². The molecule has 0 aliphatic heterocycles. The SMILES string of the molecule is [C-]#[N+]c1c(C)nsc1N/N=c1\ccc(=O)/c(=N\Nc2ccnn2C)c1=O. The number of aromatic nitrogens is 3. The number of rotatable bonds is 4. The van der Waals surface area contributed by atoms with Crippen LogP contribution in [-0.4, -0.2) is 14.2 Å². The summed E-state index contributed by atoms with van der Waals surface area (Å²) in [6.45, 7) is 8.86. The molecule has 0 aliphatic rings. The van der Waals surface area contributed by atoms with Gasteiger partial charge in [0.1, 0.15) is 16.2 Å². The molecule has 0 aliphatic carbocycles. The maximum absolute atomic E-state index is 12.5. The molecular formula is C15H12N8O2S. The number of hydrogen-bond acceptors (Lipinski definition) is 9. The van der Waals surface area contributed by atoms with Gasteiger partial charge >= 0.3 is 0 Å². The molecule has 2 aromatic heterocycles. The maximum atomic E-state index is 12.5. The van der Waals surface area contributed by atoms with Crippen LogP contribution >= 0.6 is 11.5 Å².